The highest BCUT2D eigenvalue weighted by atomic mass is 16.2. The minimum absolute atomic E-state index is 0.425. The van der Waals surface area contributed by atoms with E-state index in [1.165, 1.54) is 232 Å². The molecule has 51 heavy (non-hydrogen) atoms. The van der Waals surface area contributed by atoms with E-state index in [4.69, 9.17) is 0 Å². The fourth-order valence-corrected chi connectivity index (χ4v) is 8.23. The Morgan fingerprint density at radius 2 is 0.902 bits per heavy atom. The van der Waals surface area contributed by atoms with E-state index in [9.17, 15) is 4.79 Å². The van der Waals surface area contributed by atoms with Crippen LogP contribution >= 0.6 is 0 Å². The summed E-state index contributed by atoms with van der Waals surface area (Å²) in [6, 6.07) is 0. The van der Waals surface area contributed by atoms with Gasteiger partial charge in [0.15, 0.2) is 0 Å². The van der Waals surface area contributed by atoms with Crippen LogP contribution in [0.2, 0.25) is 0 Å². The fraction of sp³-hybridized carbons (Fsp3) is 0.938. The predicted octanol–water partition coefficient (Wildman–Crippen LogP) is 15.4. The SMILES string of the molecule is CCCCCCCCC/C=C(\CCCCCCCCC)CCC(=O)N1CCC(CCN(CCCCCCCCC)CCCCCCCCC)CC1. The number of carbonyl (C=O) groups excluding carboxylic acids is 1. The van der Waals surface area contributed by atoms with Crippen LogP contribution < -0.4 is 0 Å². The van der Waals surface area contributed by atoms with E-state index in [2.05, 4.69) is 43.6 Å². The van der Waals surface area contributed by atoms with Gasteiger partial charge >= 0.3 is 0 Å². The summed E-state index contributed by atoms with van der Waals surface area (Å²) in [6.07, 6.45) is 49.3. The van der Waals surface area contributed by atoms with Crippen LogP contribution in [0.3, 0.4) is 0 Å². The summed E-state index contributed by atoms with van der Waals surface area (Å²) in [5.41, 5.74) is 1.58. The predicted molar refractivity (Wildman–Crippen MR) is 229 cm³/mol. The highest BCUT2D eigenvalue weighted by molar-refractivity contribution is 5.76. The monoisotopic (exact) mass is 715 g/mol. The van der Waals surface area contributed by atoms with E-state index in [1.54, 1.807) is 5.57 Å². The van der Waals surface area contributed by atoms with E-state index >= 15 is 0 Å². The molecule has 0 bridgehead atoms. The number of hydrogen-bond donors (Lipinski definition) is 0. The van der Waals surface area contributed by atoms with Crippen molar-refractivity contribution in [2.24, 2.45) is 5.92 Å². The van der Waals surface area contributed by atoms with Crippen LogP contribution in [0.1, 0.15) is 252 Å². The minimum atomic E-state index is 0.425. The molecular formula is C48H94N2O. The molecule has 1 aliphatic rings. The lowest BCUT2D eigenvalue weighted by Crippen LogP contribution is -2.39. The minimum Gasteiger partial charge on any atom is -0.343 e. The molecular weight excluding hydrogens is 621 g/mol. The molecule has 0 aliphatic carbocycles. The average Bonchev–Trinajstić information content (AvgIpc) is 3.15. The maximum atomic E-state index is 13.4. The quantitative estimate of drug-likeness (QED) is 0.0469. The number of piperidine rings is 1. The van der Waals surface area contributed by atoms with E-state index in [0.717, 1.165) is 31.8 Å². The molecule has 3 nitrogen and oxygen atoms in total. The highest BCUT2D eigenvalue weighted by Gasteiger charge is 2.23. The maximum Gasteiger partial charge on any atom is 0.222 e. The normalized spacial score (nSPS) is 14.3. The lowest BCUT2D eigenvalue weighted by Gasteiger charge is -2.33. The van der Waals surface area contributed by atoms with Gasteiger partial charge in [-0.2, -0.15) is 0 Å². The summed E-state index contributed by atoms with van der Waals surface area (Å²) in [4.78, 5) is 18.5. The topological polar surface area (TPSA) is 23.6 Å². The van der Waals surface area contributed by atoms with Crippen molar-refractivity contribution in [3.8, 4) is 0 Å². The molecule has 1 fully saturated rings. The molecule has 0 aromatic carbocycles. The van der Waals surface area contributed by atoms with Gasteiger partial charge in [0.25, 0.3) is 0 Å². The third kappa shape index (κ3) is 30.2. The Morgan fingerprint density at radius 3 is 1.37 bits per heavy atom. The number of likely N-dealkylation sites (tertiary alicyclic amines) is 1. The van der Waals surface area contributed by atoms with E-state index in [-0.39, 0.29) is 0 Å². The Labute approximate surface area is 322 Å². The van der Waals surface area contributed by atoms with Gasteiger partial charge in [0.2, 0.25) is 5.91 Å². The van der Waals surface area contributed by atoms with Crippen molar-refractivity contribution in [2.75, 3.05) is 32.7 Å². The van der Waals surface area contributed by atoms with Crippen LogP contribution in [0, 0.1) is 5.92 Å². The number of nitrogens with zero attached hydrogens (tertiary/aromatic N) is 2. The summed E-state index contributed by atoms with van der Waals surface area (Å²) in [5.74, 6) is 1.23. The lowest BCUT2D eigenvalue weighted by atomic mass is 9.92. The molecule has 0 aromatic rings. The van der Waals surface area contributed by atoms with Crippen LogP contribution in [0.15, 0.2) is 11.6 Å². The molecule has 0 atom stereocenters. The van der Waals surface area contributed by atoms with Gasteiger partial charge < -0.3 is 9.80 Å². The molecule has 1 saturated heterocycles. The molecule has 1 rings (SSSR count). The van der Waals surface area contributed by atoms with Crippen molar-refractivity contribution < 1.29 is 4.79 Å². The molecule has 3 heteroatoms. The largest absolute Gasteiger partial charge is 0.343 e. The van der Waals surface area contributed by atoms with Gasteiger partial charge in [-0.1, -0.05) is 193 Å². The molecule has 0 spiro atoms. The Kier molecular flexibility index (Phi) is 35.4. The number of unbranched alkanes of at least 4 members (excludes halogenated alkanes) is 25. The molecule has 1 heterocycles. The Balaban J connectivity index is 2.45. The summed E-state index contributed by atoms with van der Waals surface area (Å²) >= 11 is 0. The van der Waals surface area contributed by atoms with Crippen LogP contribution in [0.5, 0.6) is 0 Å². The Hall–Kier alpha value is -0.830. The number of hydrogen-bond acceptors (Lipinski definition) is 2. The van der Waals surface area contributed by atoms with Crippen LogP contribution in [0.25, 0.3) is 0 Å². The summed E-state index contributed by atoms with van der Waals surface area (Å²) < 4.78 is 0. The summed E-state index contributed by atoms with van der Waals surface area (Å²) in [7, 11) is 0. The Bertz CT molecular complexity index is 736. The zero-order chi connectivity index (χ0) is 36.9. The van der Waals surface area contributed by atoms with Crippen molar-refractivity contribution in [3.63, 3.8) is 0 Å². The third-order valence-electron chi connectivity index (χ3n) is 12.0. The Morgan fingerprint density at radius 1 is 0.490 bits per heavy atom. The lowest BCUT2D eigenvalue weighted by molar-refractivity contribution is -0.132. The highest BCUT2D eigenvalue weighted by Crippen LogP contribution is 2.24. The van der Waals surface area contributed by atoms with Gasteiger partial charge in [0.05, 0.1) is 0 Å². The molecule has 0 radical (unpaired) electrons. The first-order valence-electron chi connectivity index (χ1n) is 23.8. The average molecular weight is 715 g/mol. The van der Waals surface area contributed by atoms with E-state index < -0.39 is 0 Å². The standard InChI is InChI=1S/C48H94N2O/c1-5-9-13-17-21-23-27-31-35-46(34-30-26-22-18-14-10-6-2)36-37-48(51)50-44-39-47(40-45-50)38-43-49(41-32-28-24-19-15-11-7-3)42-33-29-25-20-16-12-8-4/h35,47H,5-34,36-45H2,1-4H3/b46-35+. The summed E-state index contributed by atoms with van der Waals surface area (Å²) in [5, 5.41) is 0. The second-order valence-electron chi connectivity index (χ2n) is 16.8. The van der Waals surface area contributed by atoms with Gasteiger partial charge in [-0.15, -0.1) is 0 Å². The van der Waals surface area contributed by atoms with Crippen LogP contribution in [0.4, 0.5) is 0 Å². The second kappa shape index (κ2) is 37.5. The smallest absolute Gasteiger partial charge is 0.222 e. The first kappa shape index (κ1) is 48.2. The maximum absolute atomic E-state index is 13.4. The van der Waals surface area contributed by atoms with Crippen molar-refractivity contribution in [1.29, 1.82) is 0 Å². The number of allylic oxidation sites excluding steroid dienone is 2. The third-order valence-corrected chi connectivity index (χ3v) is 12.0. The van der Waals surface area contributed by atoms with Crippen molar-refractivity contribution in [2.45, 2.75) is 252 Å². The molecule has 0 aromatic heterocycles. The first-order valence-corrected chi connectivity index (χ1v) is 23.8. The van der Waals surface area contributed by atoms with Crippen molar-refractivity contribution in [1.82, 2.24) is 9.80 Å². The number of rotatable bonds is 38. The molecule has 0 N–H and O–H groups in total. The van der Waals surface area contributed by atoms with Crippen molar-refractivity contribution >= 4 is 5.91 Å². The number of amides is 1. The van der Waals surface area contributed by atoms with Crippen LogP contribution in [-0.4, -0.2) is 48.4 Å². The van der Waals surface area contributed by atoms with Crippen LogP contribution in [-0.2, 0) is 4.79 Å². The van der Waals surface area contributed by atoms with Gasteiger partial charge in [-0.25, -0.2) is 0 Å². The van der Waals surface area contributed by atoms with E-state index in [0.29, 0.717) is 5.91 Å². The fourth-order valence-electron chi connectivity index (χ4n) is 8.23. The molecule has 0 unspecified atom stereocenters. The summed E-state index contributed by atoms with van der Waals surface area (Å²) in [6.45, 7) is 15.1. The van der Waals surface area contributed by atoms with Crippen molar-refractivity contribution in [3.05, 3.63) is 11.6 Å². The zero-order valence-corrected chi connectivity index (χ0v) is 35.7. The van der Waals surface area contributed by atoms with E-state index in [1.807, 2.05) is 0 Å². The zero-order valence-electron chi connectivity index (χ0n) is 35.7. The molecule has 0 saturated carbocycles. The molecule has 1 amide bonds. The van der Waals surface area contributed by atoms with Gasteiger partial charge in [0.1, 0.15) is 0 Å². The molecule has 302 valence electrons. The second-order valence-corrected chi connectivity index (χ2v) is 16.8. The van der Waals surface area contributed by atoms with Gasteiger partial charge in [-0.3, -0.25) is 4.79 Å². The first-order chi connectivity index (χ1) is 25.1. The number of carbonyl (C=O) groups is 1. The van der Waals surface area contributed by atoms with Gasteiger partial charge in [-0.05, 0) is 89.8 Å². The van der Waals surface area contributed by atoms with Gasteiger partial charge in [0, 0.05) is 19.5 Å². The molecule has 1 aliphatic heterocycles.